The Labute approximate surface area is 231 Å². The number of fused-ring (bicyclic) bond motifs is 5. The van der Waals surface area contributed by atoms with E-state index in [9.17, 15) is 0 Å². The molecule has 8 rings (SSSR count). The number of hydrogen-bond acceptors (Lipinski definition) is 3. The SMILES string of the molecule is c1ccc(-c2ccc3ccc(-c4ccc5ccc(-c6cccc7ccc8ccccc8c67)nc5c4)cc3n2)nc1. The Hall–Kier alpha value is -5.41. The van der Waals surface area contributed by atoms with Gasteiger partial charge in [-0.05, 0) is 69.1 Å². The van der Waals surface area contributed by atoms with Crippen LogP contribution in [0.5, 0.6) is 0 Å². The zero-order chi connectivity index (χ0) is 26.5. The van der Waals surface area contributed by atoms with Crippen LogP contribution in [0.2, 0.25) is 0 Å². The average Bonchev–Trinajstić information content (AvgIpc) is 3.03. The molecule has 0 saturated carbocycles. The standard InChI is InChI=1S/C37H23N3/c1-2-8-30-24(6-1)11-14-27-7-5-9-31(37(27)30)32-19-17-25-12-15-28(22-35(25)39-32)29-16-13-26-18-20-34(40-36(26)23-29)33-10-3-4-21-38-33/h1-23H. The van der Waals surface area contributed by atoms with E-state index in [0.717, 1.165) is 55.6 Å². The van der Waals surface area contributed by atoms with Crippen molar-refractivity contribution in [3.8, 4) is 33.8 Å². The molecule has 8 aromatic rings. The van der Waals surface area contributed by atoms with Gasteiger partial charge in [-0.25, -0.2) is 9.97 Å². The van der Waals surface area contributed by atoms with Gasteiger partial charge in [-0.3, -0.25) is 4.98 Å². The number of hydrogen-bond donors (Lipinski definition) is 0. The van der Waals surface area contributed by atoms with Crippen LogP contribution in [0, 0.1) is 0 Å². The van der Waals surface area contributed by atoms with Gasteiger partial charge in [-0.15, -0.1) is 0 Å². The maximum Gasteiger partial charge on any atom is 0.0893 e. The Kier molecular flexibility index (Phi) is 5.14. The predicted octanol–water partition coefficient (Wildman–Crippen LogP) is 9.49. The highest BCUT2D eigenvalue weighted by Crippen LogP contribution is 2.35. The van der Waals surface area contributed by atoms with Crippen LogP contribution in [0.25, 0.3) is 77.1 Å². The zero-order valence-electron chi connectivity index (χ0n) is 21.6. The second kappa shape index (κ2) is 9.11. The van der Waals surface area contributed by atoms with Crippen molar-refractivity contribution >= 4 is 43.4 Å². The predicted molar refractivity (Wildman–Crippen MR) is 166 cm³/mol. The first-order chi connectivity index (χ1) is 19.8. The minimum atomic E-state index is 0.873. The molecular weight excluding hydrogens is 486 g/mol. The van der Waals surface area contributed by atoms with Crippen molar-refractivity contribution in [2.45, 2.75) is 0 Å². The number of nitrogens with zero attached hydrogens (tertiary/aromatic N) is 3. The summed E-state index contributed by atoms with van der Waals surface area (Å²) < 4.78 is 0. The molecule has 3 aromatic heterocycles. The van der Waals surface area contributed by atoms with Gasteiger partial charge in [0.15, 0.2) is 0 Å². The topological polar surface area (TPSA) is 38.7 Å². The quantitative estimate of drug-likeness (QED) is 0.223. The highest BCUT2D eigenvalue weighted by Gasteiger charge is 2.11. The molecule has 3 heterocycles. The van der Waals surface area contributed by atoms with Gasteiger partial charge in [0.05, 0.1) is 28.1 Å². The molecule has 0 bridgehead atoms. The fraction of sp³-hybridized carbons (Fsp3) is 0. The third kappa shape index (κ3) is 3.79. The Bertz CT molecular complexity index is 2220. The van der Waals surface area contributed by atoms with Crippen LogP contribution in [0.15, 0.2) is 140 Å². The Balaban J connectivity index is 1.25. The molecule has 0 aliphatic carbocycles. The van der Waals surface area contributed by atoms with Gasteiger partial charge >= 0.3 is 0 Å². The molecule has 0 fully saturated rings. The average molecular weight is 510 g/mol. The third-order valence-electron chi connectivity index (χ3n) is 7.69. The van der Waals surface area contributed by atoms with E-state index >= 15 is 0 Å². The van der Waals surface area contributed by atoms with Crippen LogP contribution < -0.4 is 0 Å². The number of pyridine rings is 3. The maximum absolute atomic E-state index is 5.18. The van der Waals surface area contributed by atoms with Crippen molar-refractivity contribution < 1.29 is 0 Å². The lowest BCUT2D eigenvalue weighted by atomic mass is 9.95. The lowest BCUT2D eigenvalue weighted by Crippen LogP contribution is -1.90. The van der Waals surface area contributed by atoms with E-state index < -0.39 is 0 Å². The van der Waals surface area contributed by atoms with Crippen LogP contribution in [0.3, 0.4) is 0 Å². The summed E-state index contributed by atoms with van der Waals surface area (Å²) in [5.41, 5.74) is 8.03. The molecule has 0 radical (unpaired) electrons. The first-order valence-corrected chi connectivity index (χ1v) is 13.4. The van der Waals surface area contributed by atoms with Crippen LogP contribution in [0.1, 0.15) is 0 Å². The molecule has 0 atom stereocenters. The molecule has 0 saturated heterocycles. The largest absolute Gasteiger partial charge is 0.255 e. The van der Waals surface area contributed by atoms with E-state index in [1.165, 1.54) is 21.5 Å². The van der Waals surface area contributed by atoms with Crippen molar-refractivity contribution in [1.29, 1.82) is 0 Å². The van der Waals surface area contributed by atoms with Gasteiger partial charge in [0.2, 0.25) is 0 Å². The van der Waals surface area contributed by atoms with Gasteiger partial charge < -0.3 is 0 Å². The molecule has 186 valence electrons. The first-order valence-electron chi connectivity index (χ1n) is 13.4. The van der Waals surface area contributed by atoms with Gasteiger partial charge in [-0.1, -0.05) is 97.1 Å². The van der Waals surface area contributed by atoms with Gasteiger partial charge in [-0.2, -0.15) is 0 Å². The van der Waals surface area contributed by atoms with Crippen LogP contribution in [-0.4, -0.2) is 15.0 Å². The van der Waals surface area contributed by atoms with Crippen LogP contribution in [-0.2, 0) is 0 Å². The molecule has 0 aliphatic heterocycles. The monoisotopic (exact) mass is 509 g/mol. The van der Waals surface area contributed by atoms with Crippen molar-refractivity contribution in [1.82, 2.24) is 15.0 Å². The molecule has 0 N–H and O–H groups in total. The molecule has 0 spiro atoms. The summed E-state index contributed by atoms with van der Waals surface area (Å²) in [5.74, 6) is 0. The van der Waals surface area contributed by atoms with Crippen molar-refractivity contribution in [2.75, 3.05) is 0 Å². The highest BCUT2D eigenvalue weighted by molar-refractivity contribution is 6.14. The normalized spacial score (nSPS) is 11.5. The minimum Gasteiger partial charge on any atom is -0.255 e. The van der Waals surface area contributed by atoms with E-state index in [2.05, 4.69) is 114 Å². The second-order valence-electron chi connectivity index (χ2n) is 10.1. The van der Waals surface area contributed by atoms with Gasteiger partial charge in [0, 0.05) is 22.5 Å². The smallest absolute Gasteiger partial charge is 0.0893 e. The Morgan fingerprint density at radius 1 is 0.400 bits per heavy atom. The van der Waals surface area contributed by atoms with Crippen LogP contribution >= 0.6 is 0 Å². The lowest BCUT2D eigenvalue weighted by molar-refractivity contribution is 1.28. The number of benzene rings is 5. The number of aromatic nitrogens is 3. The van der Waals surface area contributed by atoms with Crippen molar-refractivity contribution in [3.05, 3.63) is 140 Å². The molecule has 3 heteroatoms. The molecule has 0 aliphatic rings. The highest BCUT2D eigenvalue weighted by atomic mass is 14.8. The summed E-state index contributed by atoms with van der Waals surface area (Å²) in [6.45, 7) is 0. The molecule has 3 nitrogen and oxygen atoms in total. The first kappa shape index (κ1) is 22.6. The van der Waals surface area contributed by atoms with Gasteiger partial charge in [0.1, 0.15) is 0 Å². The van der Waals surface area contributed by atoms with Crippen molar-refractivity contribution in [2.24, 2.45) is 0 Å². The second-order valence-corrected chi connectivity index (χ2v) is 10.1. The van der Waals surface area contributed by atoms with Crippen LogP contribution in [0.4, 0.5) is 0 Å². The molecule has 40 heavy (non-hydrogen) atoms. The van der Waals surface area contributed by atoms with Gasteiger partial charge in [0.25, 0.3) is 0 Å². The fourth-order valence-corrected chi connectivity index (χ4v) is 5.67. The van der Waals surface area contributed by atoms with E-state index in [-0.39, 0.29) is 0 Å². The molecule has 5 aromatic carbocycles. The zero-order valence-corrected chi connectivity index (χ0v) is 21.6. The van der Waals surface area contributed by atoms with Crippen molar-refractivity contribution in [3.63, 3.8) is 0 Å². The minimum absolute atomic E-state index is 0.873. The molecule has 0 amide bonds. The summed E-state index contributed by atoms with van der Waals surface area (Å²) >= 11 is 0. The van der Waals surface area contributed by atoms with E-state index in [0.29, 0.717) is 0 Å². The summed E-state index contributed by atoms with van der Waals surface area (Å²) in [7, 11) is 0. The fourth-order valence-electron chi connectivity index (χ4n) is 5.67. The summed E-state index contributed by atoms with van der Waals surface area (Å²) in [5, 5.41) is 7.18. The van der Waals surface area contributed by atoms with E-state index in [4.69, 9.17) is 9.97 Å². The molecular formula is C37H23N3. The summed E-state index contributed by atoms with van der Waals surface area (Å²) in [6, 6.07) is 46.8. The Morgan fingerprint density at radius 3 is 1.80 bits per heavy atom. The number of rotatable bonds is 3. The summed E-state index contributed by atoms with van der Waals surface area (Å²) in [4.78, 5) is 14.6. The van der Waals surface area contributed by atoms with E-state index in [1.54, 1.807) is 6.20 Å². The molecule has 0 unspecified atom stereocenters. The summed E-state index contributed by atoms with van der Waals surface area (Å²) in [6.07, 6.45) is 1.80. The lowest BCUT2D eigenvalue weighted by Gasteiger charge is -2.11. The third-order valence-corrected chi connectivity index (χ3v) is 7.69. The Morgan fingerprint density at radius 2 is 1.02 bits per heavy atom. The van der Waals surface area contributed by atoms with E-state index in [1.807, 2.05) is 24.3 Å². The maximum atomic E-state index is 5.18.